The number of carbonyl (C=O) groups is 6. The number of amides is 6. The summed E-state index contributed by atoms with van der Waals surface area (Å²) in [4.78, 5) is 85.3. The van der Waals surface area contributed by atoms with Gasteiger partial charge in [-0.15, -0.1) is 0 Å². The van der Waals surface area contributed by atoms with Gasteiger partial charge in [-0.05, 0) is 201 Å². The van der Waals surface area contributed by atoms with Crippen LogP contribution in [-0.2, 0) is 25.6 Å². The number of nitrogens with one attached hydrogen (secondary N) is 5. The summed E-state index contributed by atoms with van der Waals surface area (Å²) in [5.74, 6) is -4.49. The molecule has 0 bridgehead atoms. The summed E-state index contributed by atoms with van der Waals surface area (Å²) in [5, 5.41) is 21.7. The lowest BCUT2D eigenvalue weighted by Crippen LogP contribution is -2.50. The summed E-state index contributed by atoms with van der Waals surface area (Å²) in [7, 11) is 0. The van der Waals surface area contributed by atoms with Gasteiger partial charge >= 0.3 is 6.18 Å². The van der Waals surface area contributed by atoms with Crippen LogP contribution in [0.1, 0.15) is 167 Å². The van der Waals surface area contributed by atoms with E-state index < -0.39 is 77.8 Å². The van der Waals surface area contributed by atoms with Crippen molar-refractivity contribution in [3.8, 4) is 0 Å². The SMILES string of the molecule is CC(C(=O)N1CCCC1)c1ccc(NC(=O)C(NC(=O)c2ccnn2C(C)C)C(C2CC2)C2CC2)c(F)c1.CC(C(=O)NC(Cc1ccccn1)C(F)(F)F)c1ccc(NC(=O)C(NC(=O)c2ccnn2C(C)C)C(C2CC2)C2CC2)c(F)c1. The molecule has 10 rings (SSSR count). The Balaban J connectivity index is 0.000000205. The van der Waals surface area contributed by atoms with Gasteiger partial charge in [0.1, 0.15) is 41.1 Å². The zero-order valence-electron chi connectivity index (χ0n) is 48.3. The Morgan fingerprint density at radius 3 is 1.38 bits per heavy atom. The van der Waals surface area contributed by atoms with Crippen LogP contribution in [0.2, 0.25) is 0 Å². The highest BCUT2D eigenvalue weighted by Crippen LogP contribution is 2.52. The fourth-order valence-corrected chi connectivity index (χ4v) is 11.7. The normalized spacial score (nSPS) is 17.9. The summed E-state index contributed by atoms with van der Waals surface area (Å²) >= 11 is 0. The Morgan fingerprint density at radius 2 is 1.00 bits per heavy atom. The number of aromatic nitrogens is 5. The average Bonchev–Trinajstić information content (AvgIpc) is 3.37. The van der Waals surface area contributed by atoms with Gasteiger partial charge in [0.15, 0.2) is 0 Å². The number of rotatable bonds is 23. The lowest BCUT2D eigenvalue weighted by Gasteiger charge is -2.28. The van der Waals surface area contributed by atoms with E-state index in [2.05, 4.69) is 36.4 Å². The molecule has 0 radical (unpaired) electrons. The van der Waals surface area contributed by atoms with Gasteiger partial charge in [-0.1, -0.05) is 18.2 Å². The topological polar surface area (TPSA) is 214 Å². The average molecular weight is 1170 g/mol. The Hall–Kier alpha value is -7.52. The molecule has 22 heteroatoms. The molecule has 5 unspecified atom stereocenters. The van der Waals surface area contributed by atoms with Crippen LogP contribution in [0.15, 0.2) is 85.3 Å². The number of pyridine rings is 1. The first kappa shape index (κ1) is 61.1. The first-order valence-corrected chi connectivity index (χ1v) is 29.5. The van der Waals surface area contributed by atoms with E-state index in [1.807, 2.05) is 37.9 Å². The number of alkyl halides is 3. The van der Waals surface area contributed by atoms with Crippen molar-refractivity contribution in [1.29, 1.82) is 0 Å². The van der Waals surface area contributed by atoms with Crippen molar-refractivity contribution in [3.05, 3.63) is 125 Å². The number of anilines is 2. The molecule has 1 aliphatic heterocycles. The molecule has 5 aliphatic rings. The molecular formula is C62H76F5N11O6. The van der Waals surface area contributed by atoms with Crippen molar-refractivity contribution < 1.29 is 50.7 Å². The maximum Gasteiger partial charge on any atom is 0.408 e. The smallest absolute Gasteiger partial charge is 0.344 e. The van der Waals surface area contributed by atoms with Crippen LogP contribution in [0.5, 0.6) is 0 Å². The lowest BCUT2D eigenvalue weighted by molar-refractivity contribution is -0.162. The van der Waals surface area contributed by atoms with E-state index in [1.54, 1.807) is 52.8 Å². The molecule has 3 aromatic heterocycles. The van der Waals surface area contributed by atoms with Gasteiger partial charge in [-0.2, -0.15) is 23.4 Å². The molecule has 0 spiro atoms. The summed E-state index contributed by atoms with van der Waals surface area (Å²) in [6.45, 7) is 12.3. The van der Waals surface area contributed by atoms with Crippen LogP contribution >= 0.6 is 0 Å². The summed E-state index contributed by atoms with van der Waals surface area (Å²) in [5.41, 5.74) is 1.47. The predicted molar refractivity (Wildman–Crippen MR) is 304 cm³/mol. The molecule has 1 saturated heterocycles. The number of benzene rings is 2. The van der Waals surface area contributed by atoms with Crippen molar-refractivity contribution in [2.75, 3.05) is 23.7 Å². The van der Waals surface area contributed by atoms with Crippen LogP contribution in [0.3, 0.4) is 0 Å². The maximum absolute atomic E-state index is 15.4. The van der Waals surface area contributed by atoms with Gasteiger partial charge in [0.25, 0.3) is 11.8 Å². The minimum absolute atomic E-state index is 0.00110. The number of halogens is 5. The molecule has 4 heterocycles. The van der Waals surface area contributed by atoms with Crippen molar-refractivity contribution in [3.63, 3.8) is 0 Å². The Labute approximate surface area is 486 Å². The van der Waals surface area contributed by atoms with Gasteiger partial charge < -0.3 is 31.5 Å². The first-order chi connectivity index (χ1) is 40.1. The standard InChI is InChI=1S/C33H38F4N6O3.C29H38FN5O3/c1-18(2)43-26(13-15-39-43)31(45)42-29(28(20-7-8-20)21-9-10-21)32(46)40-25-12-11-22(16-24(25)34)19(3)30(44)41-27(33(35,36)37)17-23-6-4-5-14-38-23;1-17(2)35-24(12-13-31-35)27(36)33-26(25(19-6-7-19)20-8-9-20)28(37)32-23-11-10-21(16-22(23)30)18(3)29(38)34-14-4-5-15-34/h4-6,11-16,18-21,27-29H,7-10,17H2,1-3H3,(H,40,46)(H,41,44)(H,42,45);10-13,16-20,25-26H,4-9,14-15H2,1-3H3,(H,32,37)(H,33,36). The Kier molecular flexibility index (Phi) is 19.0. The molecule has 2 aromatic carbocycles. The minimum atomic E-state index is -4.73. The highest BCUT2D eigenvalue weighted by Gasteiger charge is 2.50. The molecule has 5 aromatic rings. The van der Waals surface area contributed by atoms with E-state index >= 15 is 8.78 Å². The number of likely N-dealkylation sites (tertiary alicyclic amines) is 1. The summed E-state index contributed by atoms with van der Waals surface area (Å²) in [6, 6.07) is 12.1. The number of carbonyl (C=O) groups excluding carboxylic acids is 6. The molecule has 4 aliphatic carbocycles. The predicted octanol–water partition coefficient (Wildman–Crippen LogP) is 10.1. The van der Waals surface area contributed by atoms with E-state index in [0.717, 1.165) is 83.4 Å². The second-order valence-electron chi connectivity index (χ2n) is 24.0. The first-order valence-electron chi connectivity index (χ1n) is 29.5. The Morgan fingerprint density at radius 1 is 0.560 bits per heavy atom. The van der Waals surface area contributed by atoms with Crippen LogP contribution in [0.25, 0.3) is 0 Å². The molecule has 450 valence electrons. The van der Waals surface area contributed by atoms with Crippen molar-refractivity contribution >= 4 is 46.8 Å². The zero-order chi connectivity index (χ0) is 60.1. The van der Waals surface area contributed by atoms with Crippen LogP contribution in [0.4, 0.5) is 33.3 Å². The third-order valence-electron chi connectivity index (χ3n) is 16.9. The van der Waals surface area contributed by atoms with Gasteiger partial charge in [-0.25, -0.2) is 8.78 Å². The van der Waals surface area contributed by atoms with Gasteiger partial charge in [-0.3, -0.25) is 43.1 Å². The van der Waals surface area contributed by atoms with E-state index in [9.17, 15) is 41.9 Å². The molecule has 6 amide bonds. The van der Waals surface area contributed by atoms with Gasteiger partial charge in [0.05, 0.1) is 23.2 Å². The number of nitrogens with zero attached hydrogens (tertiary/aromatic N) is 6. The molecule has 5 fully saturated rings. The summed E-state index contributed by atoms with van der Waals surface area (Å²) < 4.78 is 75.0. The second-order valence-corrected chi connectivity index (χ2v) is 24.0. The minimum Gasteiger partial charge on any atom is -0.344 e. The second kappa shape index (κ2) is 26.2. The van der Waals surface area contributed by atoms with Gasteiger partial charge in [0.2, 0.25) is 23.6 Å². The maximum atomic E-state index is 15.4. The summed E-state index contributed by atoms with van der Waals surface area (Å²) in [6.07, 6.45) is 9.13. The number of hydrogen-bond donors (Lipinski definition) is 5. The zero-order valence-corrected chi connectivity index (χ0v) is 48.3. The fourth-order valence-electron chi connectivity index (χ4n) is 11.7. The van der Waals surface area contributed by atoms with Crippen LogP contribution in [-0.4, -0.2) is 102 Å². The number of hydrogen-bond acceptors (Lipinski definition) is 9. The highest BCUT2D eigenvalue weighted by molar-refractivity contribution is 6.02. The fraction of sp³-hybridized carbons (Fsp3) is 0.532. The molecular weight excluding hydrogens is 1090 g/mol. The van der Waals surface area contributed by atoms with E-state index in [0.29, 0.717) is 28.8 Å². The van der Waals surface area contributed by atoms with Crippen LogP contribution in [0, 0.1) is 47.1 Å². The quantitative estimate of drug-likeness (QED) is 0.0393. The molecule has 4 saturated carbocycles. The van der Waals surface area contributed by atoms with E-state index in [1.165, 1.54) is 49.6 Å². The van der Waals surface area contributed by atoms with Crippen molar-refractivity contribution in [1.82, 2.24) is 45.4 Å². The third kappa shape index (κ3) is 15.0. The molecule has 84 heavy (non-hydrogen) atoms. The largest absolute Gasteiger partial charge is 0.408 e. The monoisotopic (exact) mass is 1170 g/mol. The van der Waals surface area contributed by atoms with Crippen molar-refractivity contribution in [2.24, 2.45) is 35.5 Å². The van der Waals surface area contributed by atoms with E-state index in [-0.39, 0.29) is 70.2 Å². The van der Waals surface area contributed by atoms with Gasteiger partial charge in [0, 0.05) is 55.9 Å². The van der Waals surface area contributed by atoms with Crippen LogP contribution < -0.4 is 26.6 Å². The highest BCUT2D eigenvalue weighted by atomic mass is 19.4. The third-order valence-corrected chi connectivity index (χ3v) is 16.9. The molecule has 5 atom stereocenters. The Bertz CT molecular complexity index is 3140. The molecule has 17 nitrogen and oxygen atoms in total. The van der Waals surface area contributed by atoms with E-state index in [4.69, 9.17) is 0 Å². The lowest BCUT2D eigenvalue weighted by atomic mass is 9.88. The van der Waals surface area contributed by atoms with Crippen molar-refractivity contribution in [2.45, 2.75) is 160 Å². The molecule has 5 N–H and O–H groups in total.